The van der Waals surface area contributed by atoms with Gasteiger partial charge in [-0.3, -0.25) is 14.7 Å². The average Bonchev–Trinajstić information content (AvgIpc) is 3.27. The van der Waals surface area contributed by atoms with Crippen molar-refractivity contribution in [1.29, 1.82) is 0 Å². The second-order valence-electron chi connectivity index (χ2n) is 12.4. The van der Waals surface area contributed by atoms with Crippen LogP contribution in [-0.2, 0) is 11.3 Å². The number of carbonyl (C=O) groups is 1. The van der Waals surface area contributed by atoms with Crippen molar-refractivity contribution in [2.45, 2.75) is 90.5 Å². The third-order valence-electron chi connectivity index (χ3n) is 8.99. The predicted molar refractivity (Wildman–Crippen MR) is 173 cm³/mol. The molecule has 2 aliphatic heterocycles. The Morgan fingerprint density at radius 1 is 1.10 bits per heavy atom. The summed E-state index contributed by atoms with van der Waals surface area (Å²) in [6.45, 7) is 16.2. The third-order valence-corrected chi connectivity index (χ3v) is 10.4. The molecule has 0 spiro atoms. The van der Waals surface area contributed by atoms with Gasteiger partial charge in [-0.1, -0.05) is 52.5 Å². The number of thioether (sulfide) groups is 1. The van der Waals surface area contributed by atoms with Gasteiger partial charge in [0.2, 0.25) is 11.9 Å². The second kappa shape index (κ2) is 15.9. The lowest BCUT2D eigenvalue weighted by Gasteiger charge is -2.41. The van der Waals surface area contributed by atoms with E-state index < -0.39 is 0 Å². The first-order valence-electron chi connectivity index (χ1n) is 15.9. The molecule has 1 saturated carbocycles. The number of aliphatic imine (C=N–C) groups is 1. The van der Waals surface area contributed by atoms with Gasteiger partial charge in [-0.2, -0.15) is 0 Å². The molecule has 3 aliphatic rings. The van der Waals surface area contributed by atoms with E-state index in [1.807, 2.05) is 18.5 Å². The number of aromatic nitrogens is 1. The number of piperazine rings is 1. The van der Waals surface area contributed by atoms with Crippen LogP contribution in [0, 0.1) is 11.8 Å². The summed E-state index contributed by atoms with van der Waals surface area (Å²) in [5, 5.41) is 6.73. The summed E-state index contributed by atoms with van der Waals surface area (Å²) in [5.74, 6) is 2.62. The number of rotatable bonds is 9. The summed E-state index contributed by atoms with van der Waals surface area (Å²) in [4.78, 5) is 31.1. The van der Waals surface area contributed by atoms with Crippen LogP contribution in [0.25, 0.3) is 0 Å². The van der Waals surface area contributed by atoms with Crippen molar-refractivity contribution in [3.63, 3.8) is 0 Å². The maximum Gasteiger partial charge on any atom is 0.236 e. The Kier molecular flexibility index (Phi) is 12.4. The van der Waals surface area contributed by atoms with E-state index in [-0.39, 0.29) is 11.3 Å². The molecule has 0 aromatic carbocycles. The van der Waals surface area contributed by atoms with E-state index in [1.165, 1.54) is 49.1 Å². The van der Waals surface area contributed by atoms with Gasteiger partial charge in [-0.05, 0) is 56.2 Å². The molecule has 2 unspecified atom stereocenters. The molecule has 2 atom stereocenters. The fraction of sp³-hybridized carbons (Fsp3) is 0.719. The number of nitrogens with zero attached hydrogens (tertiary/aromatic N) is 5. The number of guanidine groups is 1. The first-order chi connectivity index (χ1) is 19.9. The van der Waals surface area contributed by atoms with Crippen molar-refractivity contribution in [3.8, 4) is 0 Å². The zero-order valence-corrected chi connectivity index (χ0v) is 26.9. The Morgan fingerprint density at radius 2 is 1.80 bits per heavy atom. The molecular weight excluding hydrogens is 530 g/mol. The highest BCUT2D eigenvalue weighted by atomic mass is 32.2. The number of hydrogen-bond donors (Lipinski definition) is 2. The monoisotopic (exact) mass is 583 g/mol. The lowest BCUT2D eigenvalue weighted by molar-refractivity contribution is -0.134. The standard InChI is InChI=1S/C32H53N7OS/c1-6-15-37-16-18-38(19-17-37)22-26-13-14-29(34-20-26)36-32(33-5)35-21-28-23-39(25(4)24(2)3)31(40)30(41-28)27-11-9-7-8-10-12-27/h13-14,20-21,24-25,27,30H,6-12,15-19,22-23H2,1-5H3,(H2,33,34,35,36)/b28-21+. The predicted octanol–water partition coefficient (Wildman–Crippen LogP) is 5.40. The van der Waals surface area contributed by atoms with E-state index in [2.05, 4.69) is 69.1 Å². The maximum absolute atomic E-state index is 13.7. The van der Waals surface area contributed by atoms with E-state index in [0.717, 1.165) is 51.4 Å². The van der Waals surface area contributed by atoms with Gasteiger partial charge in [-0.25, -0.2) is 4.98 Å². The van der Waals surface area contributed by atoms with Crippen LogP contribution in [0.2, 0.25) is 0 Å². The van der Waals surface area contributed by atoms with Crippen LogP contribution >= 0.6 is 11.8 Å². The van der Waals surface area contributed by atoms with Crippen molar-refractivity contribution >= 4 is 29.4 Å². The summed E-state index contributed by atoms with van der Waals surface area (Å²) in [7, 11) is 1.78. The number of pyridine rings is 1. The Balaban J connectivity index is 1.35. The molecule has 41 heavy (non-hydrogen) atoms. The van der Waals surface area contributed by atoms with Gasteiger partial charge < -0.3 is 20.4 Å². The molecule has 228 valence electrons. The molecule has 2 N–H and O–H groups in total. The van der Waals surface area contributed by atoms with E-state index >= 15 is 0 Å². The largest absolute Gasteiger partial charge is 0.334 e. The lowest BCUT2D eigenvalue weighted by atomic mass is 9.94. The summed E-state index contributed by atoms with van der Waals surface area (Å²) < 4.78 is 0. The van der Waals surface area contributed by atoms with Crippen molar-refractivity contribution in [3.05, 3.63) is 35.0 Å². The van der Waals surface area contributed by atoms with Gasteiger partial charge in [0, 0.05) is 63.1 Å². The SMILES string of the molecule is CCCN1CCN(Cc2ccc(NC(=NC)N/C=C3\CN(C(C)C(C)C)C(=O)C(C4CCCCCC4)S3)nc2)CC1. The van der Waals surface area contributed by atoms with Gasteiger partial charge in [-0.15, -0.1) is 11.8 Å². The highest BCUT2D eigenvalue weighted by Gasteiger charge is 2.39. The molecule has 0 radical (unpaired) electrons. The van der Waals surface area contributed by atoms with Gasteiger partial charge in [0.05, 0.1) is 11.8 Å². The van der Waals surface area contributed by atoms with Gasteiger partial charge in [0.15, 0.2) is 0 Å². The molecule has 3 heterocycles. The lowest BCUT2D eigenvalue weighted by Crippen LogP contribution is -2.51. The Hall–Kier alpha value is -2.10. The van der Waals surface area contributed by atoms with Crippen LogP contribution < -0.4 is 10.6 Å². The van der Waals surface area contributed by atoms with Crippen LogP contribution in [0.3, 0.4) is 0 Å². The number of amides is 1. The minimum Gasteiger partial charge on any atom is -0.334 e. The zero-order chi connectivity index (χ0) is 29.2. The summed E-state index contributed by atoms with van der Waals surface area (Å²) in [6.07, 6.45) is 12.6. The number of hydrogen-bond acceptors (Lipinski definition) is 6. The summed E-state index contributed by atoms with van der Waals surface area (Å²) >= 11 is 1.77. The second-order valence-corrected chi connectivity index (χ2v) is 13.6. The normalized spacial score (nSPS) is 24.1. The molecule has 2 saturated heterocycles. The zero-order valence-electron chi connectivity index (χ0n) is 26.1. The van der Waals surface area contributed by atoms with Crippen LogP contribution in [-0.4, -0.2) is 89.2 Å². The highest BCUT2D eigenvalue weighted by molar-refractivity contribution is 8.04. The van der Waals surface area contributed by atoms with Crippen LogP contribution in [0.15, 0.2) is 34.4 Å². The molecule has 8 nitrogen and oxygen atoms in total. The van der Waals surface area contributed by atoms with E-state index in [0.29, 0.717) is 30.2 Å². The minimum absolute atomic E-state index is 0.00917. The van der Waals surface area contributed by atoms with Gasteiger partial charge >= 0.3 is 0 Å². The molecule has 1 amide bonds. The van der Waals surface area contributed by atoms with Crippen molar-refractivity contribution in [1.82, 2.24) is 25.0 Å². The first-order valence-corrected chi connectivity index (χ1v) is 16.8. The van der Waals surface area contributed by atoms with Crippen molar-refractivity contribution in [2.24, 2.45) is 16.8 Å². The molecule has 4 rings (SSSR count). The summed E-state index contributed by atoms with van der Waals surface area (Å²) in [6, 6.07) is 4.40. The average molecular weight is 584 g/mol. The topological polar surface area (TPSA) is 76.1 Å². The fourth-order valence-electron chi connectivity index (χ4n) is 6.12. The molecule has 1 aliphatic carbocycles. The molecule has 9 heteroatoms. The maximum atomic E-state index is 13.7. The number of carbonyl (C=O) groups excluding carboxylic acids is 1. The third kappa shape index (κ3) is 9.19. The minimum atomic E-state index is 0.00917. The quantitative estimate of drug-likeness (QED) is 0.229. The van der Waals surface area contributed by atoms with Crippen molar-refractivity contribution in [2.75, 3.05) is 51.6 Å². The molecule has 1 aromatic rings. The number of anilines is 1. The highest BCUT2D eigenvalue weighted by Crippen LogP contribution is 2.40. The fourth-order valence-corrected chi connectivity index (χ4v) is 7.49. The smallest absolute Gasteiger partial charge is 0.236 e. The van der Waals surface area contributed by atoms with Crippen molar-refractivity contribution < 1.29 is 4.79 Å². The van der Waals surface area contributed by atoms with Gasteiger partial charge in [0.25, 0.3) is 0 Å². The van der Waals surface area contributed by atoms with Crippen LogP contribution in [0.1, 0.15) is 78.2 Å². The van der Waals surface area contributed by atoms with E-state index in [4.69, 9.17) is 0 Å². The first kappa shape index (κ1) is 31.8. The molecule has 3 fully saturated rings. The van der Waals surface area contributed by atoms with E-state index in [9.17, 15) is 4.79 Å². The molecular formula is C32H53N7OS. The van der Waals surface area contributed by atoms with E-state index in [1.54, 1.807) is 18.8 Å². The molecule has 1 aromatic heterocycles. The molecule has 0 bridgehead atoms. The summed E-state index contributed by atoms with van der Waals surface area (Å²) in [5.41, 5.74) is 1.23. The van der Waals surface area contributed by atoms with Crippen LogP contribution in [0.4, 0.5) is 5.82 Å². The Bertz CT molecular complexity index is 1010. The number of nitrogens with one attached hydrogen (secondary N) is 2. The Labute approximate surface area is 252 Å². The Morgan fingerprint density at radius 3 is 2.41 bits per heavy atom. The van der Waals surface area contributed by atoms with Crippen LogP contribution in [0.5, 0.6) is 0 Å². The van der Waals surface area contributed by atoms with Gasteiger partial charge in [0.1, 0.15) is 5.82 Å².